The largest absolute Gasteiger partial charge is 0.483 e. The fourth-order valence-electron chi connectivity index (χ4n) is 2.58. The zero-order valence-electron chi connectivity index (χ0n) is 13.8. The fourth-order valence-corrected chi connectivity index (χ4v) is 3.65. The van der Waals surface area contributed by atoms with E-state index in [9.17, 15) is 8.42 Å². The Morgan fingerprint density at radius 2 is 1.83 bits per heavy atom. The van der Waals surface area contributed by atoms with Crippen molar-refractivity contribution in [3.63, 3.8) is 0 Å². The monoisotopic (exact) mass is 343 g/mol. The van der Waals surface area contributed by atoms with E-state index >= 15 is 0 Å². The number of nitrogens with one attached hydrogen (secondary N) is 1. The number of rotatable bonds is 5. The zero-order valence-corrected chi connectivity index (χ0v) is 14.6. The van der Waals surface area contributed by atoms with Gasteiger partial charge in [-0.25, -0.2) is 13.1 Å². The first-order chi connectivity index (χ1) is 11.4. The molecule has 0 saturated heterocycles. The van der Waals surface area contributed by atoms with E-state index in [-0.39, 0.29) is 10.5 Å². The summed E-state index contributed by atoms with van der Waals surface area (Å²) in [5.74, 6) is 0.700. The Hall–Kier alpha value is -2.11. The predicted octanol–water partition coefficient (Wildman–Crippen LogP) is 3.39. The van der Waals surface area contributed by atoms with Crippen molar-refractivity contribution in [2.75, 3.05) is 6.54 Å². The fraction of sp³-hybridized carbons (Fsp3) is 0.263. The second-order valence-electron chi connectivity index (χ2n) is 6.37. The molecule has 0 saturated carbocycles. The molecule has 0 amide bonds. The molecule has 5 heteroatoms. The van der Waals surface area contributed by atoms with Crippen LogP contribution in [0.15, 0.2) is 59.5 Å². The van der Waals surface area contributed by atoms with E-state index in [4.69, 9.17) is 4.74 Å². The minimum Gasteiger partial charge on any atom is -0.483 e. The first-order valence-corrected chi connectivity index (χ1v) is 9.40. The Bertz CT molecular complexity index is 855. The first-order valence-electron chi connectivity index (χ1n) is 7.92. The van der Waals surface area contributed by atoms with Crippen molar-refractivity contribution < 1.29 is 13.2 Å². The maximum atomic E-state index is 12.5. The van der Waals surface area contributed by atoms with Crippen molar-refractivity contribution >= 4 is 16.1 Å². The van der Waals surface area contributed by atoms with Gasteiger partial charge >= 0.3 is 0 Å². The molecule has 2 aromatic rings. The summed E-state index contributed by atoms with van der Waals surface area (Å²) in [6.07, 6.45) is 4.48. The number of hydrogen-bond acceptors (Lipinski definition) is 3. The van der Waals surface area contributed by atoms with Crippen molar-refractivity contribution in [1.29, 1.82) is 0 Å². The highest BCUT2D eigenvalue weighted by Gasteiger charge is 2.23. The topological polar surface area (TPSA) is 55.4 Å². The number of benzene rings is 2. The second kappa shape index (κ2) is 6.42. The Morgan fingerprint density at radius 3 is 2.58 bits per heavy atom. The van der Waals surface area contributed by atoms with Crippen molar-refractivity contribution in [2.24, 2.45) is 0 Å². The molecule has 0 aromatic heterocycles. The summed E-state index contributed by atoms with van der Waals surface area (Å²) in [5, 5.41) is 0. The van der Waals surface area contributed by atoms with Crippen LogP contribution in [0.2, 0.25) is 0 Å². The lowest BCUT2D eigenvalue weighted by molar-refractivity contribution is 0.159. The van der Waals surface area contributed by atoms with Gasteiger partial charge in [-0.05, 0) is 50.1 Å². The van der Waals surface area contributed by atoms with Gasteiger partial charge in [0.1, 0.15) is 11.4 Å². The molecule has 0 atom stereocenters. The third-order valence-corrected chi connectivity index (χ3v) is 5.34. The Balaban J connectivity index is 1.71. The van der Waals surface area contributed by atoms with Crippen LogP contribution in [0.25, 0.3) is 6.08 Å². The zero-order chi connectivity index (χ0) is 17.2. The molecule has 0 fully saturated rings. The van der Waals surface area contributed by atoms with Gasteiger partial charge in [-0.3, -0.25) is 0 Å². The molecule has 1 N–H and O–H groups in total. The maximum absolute atomic E-state index is 12.5. The highest BCUT2D eigenvalue weighted by molar-refractivity contribution is 7.89. The lowest BCUT2D eigenvalue weighted by Gasteiger charge is -2.28. The lowest BCUT2D eigenvalue weighted by Crippen LogP contribution is -2.28. The van der Waals surface area contributed by atoms with E-state index in [0.717, 1.165) is 11.1 Å². The summed E-state index contributed by atoms with van der Waals surface area (Å²) in [4.78, 5) is 0.252. The molecule has 1 aliphatic heterocycles. The summed E-state index contributed by atoms with van der Waals surface area (Å²) >= 11 is 0. The van der Waals surface area contributed by atoms with E-state index in [1.807, 2.05) is 56.3 Å². The molecule has 0 unspecified atom stereocenters. The highest BCUT2D eigenvalue weighted by atomic mass is 32.2. The predicted molar refractivity (Wildman–Crippen MR) is 95.5 cm³/mol. The molecular weight excluding hydrogens is 322 g/mol. The van der Waals surface area contributed by atoms with Crippen molar-refractivity contribution in [3.05, 3.63) is 65.7 Å². The van der Waals surface area contributed by atoms with Crippen molar-refractivity contribution in [3.8, 4) is 5.75 Å². The lowest BCUT2D eigenvalue weighted by atomic mass is 10.0. The number of ether oxygens (including phenoxy) is 1. The first kappa shape index (κ1) is 16.7. The van der Waals surface area contributed by atoms with Crippen LogP contribution < -0.4 is 9.46 Å². The molecule has 0 radical (unpaired) electrons. The molecule has 3 rings (SSSR count). The summed E-state index contributed by atoms with van der Waals surface area (Å²) in [6.45, 7) is 4.28. The summed E-state index contributed by atoms with van der Waals surface area (Å²) in [6, 6.07) is 14.7. The van der Waals surface area contributed by atoms with E-state index in [0.29, 0.717) is 18.7 Å². The average Bonchev–Trinajstić information content (AvgIpc) is 2.54. The Kier molecular flexibility index (Phi) is 4.47. The van der Waals surface area contributed by atoms with Gasteiger partial charge in [-0.15, -0.1) is 0 Å². The maximum Gasteiger partial charge on any atom is 0.240 e. The van der Waals surface area contributed by atoms with Crippen LogP contribution in [0.4, 0.5) is 0 Å². The van der Waals surface area contributed by atoms with E-state index in [1.165, 1.54) is 0 Å². The van der Waals surface area contributed by atoms with Crippen LogP contribution in [0.1, 0.15) is 25.0 Å². The minimum atomic E-state index is -3.53. The van der Waals surface area contributed by atoms with Gasteiger partial charge in [-0.1, -0.05) is 36.4 Å². The van der Waals surface area contributed by atoms with Gasteiger partial charge in [-0.2, -0.15) is 0 Å². The Labute approximate surface area is 143 Å². The molecule has 0 aliphatic carbocycles. The second-order valence-corrected chi connectivity index (χ2v) is 8.14. The molecule has 2 aromatic carbocycles. The molecular formula is C19H21NO3S. The smallest absolute Gasteiger partial charge is 0.240 e. The molecule has 0 bridgehead atoms. The molecule has 4 nitrogen and oxygen atoms in total. The number of hydrogen-bond donors (Lipinski definition) is 1. The van der Waals surface area contributed by atoms with Gasteiger partial charge in [0.15, 0.2) is 0 Å². The third-order valence-electron chi connectivity index (χ3n) is 3.88. The SMILES string of the molecule is CC1(C)C=Cc2cc(S(=O)(=O)NCCc3ccccc3)ccc2O1. The number of sulfonamides is 1. The van der Waals surface area contributed by atoms with Crippen molar-refractivity contribution in [2.45, 2.75) is 30.8 Å². The van der Waals surface area contributed by atoms with Gasteiger partial charge in [0.2, 0.25) is 10.0 Å². The van der Waals surface area contributed by atoms with Crippen LogP contribution in [-0.2, 0) is 16.4 Å². The highest BCUT2D eigenvalue weighted by Crippen LogP contribution is 2.32. The van der Waals surface area contributed by atoms with Gasteiger partial charge < -0.3 is 4.74 Å². The molecule has 1 heterocycles. The van der Waals surface area contributed by atoms with Crippen LogP contribution in [-0.4, -0.2) is 20.6 Å². The Morgan fingerprint density at radius 1 is 1.08 bits per heavy atom. The molecule has 0 spiro atoms. The summed E-state index contributed by atoms with van der Waals surface area (Å²) in [5.41, 5.74) is 1.51. The molecule has 126 valence electrons. The van der Waals surface area contributed by atoms with Crippen molar-refractivity contribution in [1.82, 2.24) is 4.72 Å². The average molecular weight is 343 g/mol. The van der Waals surface area contributed by atoms with E-state index in [2.05, 4.69) is 4.72 Å². The van der Waals surface area contributed by atoms with Crippen LogP contribution in [0.3, 0.4) is 0 Å². The van der Waals surface area contributed by atoms with E-state index < -0.39 is 10.0 Å². The molecule has 24 heavy (non-hydrogen) atoms. The quantitative estimate of drug-likeness (QED) is 0.905. The van der Waals surface area contributed by atoms with E-state index in [1.54, 1.807) is 18.2 Å². The van der Waals surface area contributed by atoms with Crippen LogP contribution in [0.5, 0.6) is 5.75 Å². The van der Waals surface area contributed by atoms with Crippen LogP contribution in [0, 0.1) is 0 Å². The van der Waals surface area contributed by atoms with Gasteiger partial charge in [0, 0.05) is 12.1 Å². The summed E-state index contributed by atoms with van der Waals surface area (Å²) < 4.78 is 33.4. The molecule has 1 aliphatic rings. The number of fused-ring (bicyclic) bond motifs is 1. The summed E-state index contributed by atoms with van der Waals surface area (Å²) in [7, 11) is -3.53. The minimum absolute atomic E-state index is 0.252. The standard InChI is InChI=1S/C19H21NO3S/c1-19(2)12-10-16-14-17(8-9-18(16)23-19)24(21,22)20-13-11-15-6-4-3-5-7-15/h3-10,12,14,20H,11,13H2,1-2H3. The normalized spacial score (nSPS) is 15.6. The van der Waals surface area contributed by atoms with Gasteiger partial charge in [0.05, 0.1) is 4.90 Å². The van der Waals surface area contributed by atoms with Gasteiger partial charge in [0.25, 0.3) is 0 Å². The third kappa shape index (κ3) is 3.86. The van der Waals surface area contributed by atoms with Crippen LogP contribution >= 0.6 is 0 Å².